The van der Waals surface area contributed by atoms with Gasteiger partial charge in [0.05, 0.1) is 0 Å². The van der Waals surface area contributed by atoms with Crippen molar-refractivity contribution in [2.24, 2.45) is 4.76 Å². The van der Waals surface area contributed by atoms with E-state index in [4.69, 9.17) is 4.76 Å². The van der Waals surface area contributed by atoms with E-state index >= 15 is 0 Å². The van der Waals surface area contributed by atoms with E-state index in [9.17, 15) is 4.57 Å². The summed E-state index contributed by atoms with van der Waals surface area (Å²) in [4.78, 5) is 0. The van der Waals surface area contributed by atoms with Crippen LogP contribution in [-0.4, -0.2) is 5.71 Å². The molecule has 0 aliphatic rings. The van der Waals surface area contributed by atoms with Gasteiger partial charge in [0.1, 0.15) is 0 Å². The van der Waals surface area contributed by atoms with Gasteiger partial charge in [-0.1, -0.05) is 78.9 Å². The van der Waals surface area contributed by atoms with Crippen molar-refractivity contribution in [2.75, 3.05) is 0 Å². The van der Waals surface area contributed by atoms with Gasteiger partial charge in [0.2, 0.25) is 7.29 Å². The highest BCUT2D eigenvalue weighted by Crippen LogP contribution is 2.45. The Morgan fingerprint density at radius 1 is 0.667 bits per heavy atom. The second-order valence-corrected chi connectivity index (χ2v) is 8.84. The Labute approximate surface area is 159 Å². The summed E-state index contributed by atoms with van der Waals surface area (Å²) in [7, 11) is -3.14. The van der Waals surface area contributed by atoms with Crippen molar-refractivity contribution in [3.05, 3.63) is 109 Å². The Balaban J connectivity index is 1.93. The highest BCUT2D eigenvalue weighted by Gasteiger charge is 2.26. The van der Waals surface area contributed by atoms with Crippen LogP contribution in [0.5, 0.6) is 0 Å². The number of benzene rings is 4. The fourth-order valence-electron chi connectivity index (χ4n) is 3.33. The van der Waals surface area contributed by atoms with Crippen molar-refractivity contribution in [3.63, 3.8) is 0 Å². The predicted molar refractivity (Wildman–Crippen MR) is 116 cm³/mol. The molecule has 4 rings (SSSR count). The van der Waals surface area contributed by atoms with E-state index in [-0.39, 0.29) is 0 Å². The van der Waals surface area contributed by atoms with E-state index < -0.39 is 7.29 Å². The van der Waals surface area contributed by atoms with Crippen molar-refractivity contribution in [3.8, 4) is 0 Å². The molecule has 0 aliphatic heterocycles. The molecular weight excluding hydrogens is 349 g/mol. The number of hydrogen-bond donors (Lipinski definition) is 0. The Morgan fingerprint density at radius 2 is 1.19 bits per heavy atom. The molecule has 4 aromatic carbocycles. The van der Waals surface area contributed by atoms with Gasteiger partial charge in [0, 0.05) is 21.9 Å². The van der Waals surface area contributed by atoms with Gasteiger partial charge < -0.3 is 0 Å². The maximum absolute atomic E-state index is 14.1. The van der Waals surface area contributed by atoms with Gasteiger partial charge in [-0.2, -0.15) is 0 Å². The van der Waals surface area contributed by atoms with E-state index in [1.54, 1.807) is 0 Å². The van der Waals surface area contributed by atoms with Crippen molar-refractivity contribution in [2.45, 2.75) is 6.92 Å². The van der Waals surface area contributed by atoms with Crippen molar-refractivity contribution < 1.29 is 4.57 Å². The van der Waals surface area contributed by atoms with Gasteiger partial charge in [-0.3, -0.25) is 4.57 Å². The van der Waals surface area contributed by atoms with Crippen LogP contribution in [0.25, 0.3) is 10.8 Å². The second kappa shape index (κ2) is 7.34. The molecule has 2 nitrogen and oxygen atoms in total. The zero-order valence-electron chi connectivity index (χ0n) is 15.1. The summed E-state index contributed by atoms with van der Waals surface area (Å²) < 4.78 is 19.0. The second-order valence-electron chi connectivity index (χ2n) is 6.46. The lowest BCUT2D eigenvalue weighted by atomic mass is 10.0. The van der Waals surface area contributed by atoms with Gasteiger partial charge in [0.25, 0.3) is 0 Å². The molecule has 0 saturated carbocycles. The zero-order chi connectivity index (χ0) is 18.7. The quantitative estimate of drug-likeness (QED) is 0.341. The van der Waals surface area contributed by atoms with Crippen LogP contribution >= 0.6 is 7.29 Å². The molecule has 0 amide bonds. The molecule has 0 spiro atoms. The van der Waals surface area contributed by atoms with E-state index in [0.717, 1.165) is 32.7 Å². The third-order valence-corrected chi connectivity index (χ3v) is 7.26. The van der Waals surface area contributed by atoms with Crippen molar-refractivity contribution in [1.29, 1.82) is 0 Å². The molecule has 0 N–H and O–H groups in total. The Morgan fingerprint density at radius 3 is 1.81 bits per heavy atom. The predicted octanol–water partition coefficient (Wildman–Crippen LogP) is 5.58. The SMILES string of the molecule is C/C(=N/P(=O)(c1ccccc1)c1ccccc1)c1cccc2ccccc12. The lowest BCUT2D eigenvalue weighted by Gasteiger charge is -2.16. The van der Waals surface area contributed by atoms with Crippen LogP contribution in [0.1, 0.15) is 12.5 Å². The summed E-state index contributed by atoms with van der Waals surface area (Å²) in [5.74, 6) is 0. The Bertz CT molecular complexity index is 1100. The molecule has 4 aromatic rings. The molecular formula is C24H20NOP. The van der Waals surface area contributed by atoms with Gasteiger partial charge >= 0.3 is 0 Å². The summed E-state index contributed by atoms with van der Waals surface area (Å²) >= 11 is 0. The fourth-order valence-corrected chi connectivity index (χ4v) is 5.54. The molecule has 0 aromatic heterocycles. The maximum Gasteiger partial charge on any atom is 0.247 e. The fraction of sp³-hybridized carbons (Fsp3) is 0.0417. The first-order valence-corrected chi connectivity index (χ1v) is 10.6. The monoisotopic (exact) mass is 369 g/mol. The van der Waals surface area contributed by atoms with Crippen LogP contribution < -0.4 is 10.6 Å². The molecule has 0 bridgehead atoms. The minimum atomic E-state index is -3.14. The lowest BCUT2D eigenvalue weighted by molar-refractivity contribution is 0.588. The molecule has 3 heteroatoms. The van der Waals surface area contributed by atoms with Gasteiger partial charge in [-0.05, 0) is 42.0 Å². The van der Waals surface area contributed by atoms with Gasteiger partial charge in [0.15, 0.2) is 0 Å². The normalized spacial score (nSPS) is 12.3. The summed E-state index contributed by atoms with van der Waals surface area (Å²) in [6.45, 7) is 1.94. The summed E-state index contributed by atoms with van der Waals surface area (Å²) in [6, 6.07) is 33.4. The largest absolute Gasteiger partial charge is 0.288 e. The van der Waals surface area contributed by atoms with E-state index in [2.05, 4.69) is 18.2 Å². The first-order chi connectivity index (χ1) is 13.2. The van der Waals surface area contributed by atoms with Gasteiger partial charge in [-0.15, -0.1) is 0 Å². The molecule has 0 unspecified atom stereocenters. The summed E-state index contributed by atoms with van der Waals surface area (Å²) in [5.41, 5.74) is 1.79. The molecule has 0 atom stereocenters. The molecule has 0 fully saturated rings. The van der Waals surface area contributed by atoms with Crippen LogP contribution in [0, 0.1) is 0 Å². The Hall–Kier alpha value is -2.96. The average Bonchev–Trinajstić information content (AvgIpc) is 2.74. The van der Waals surface area contributed by atoms with Crippen LogP contribution in [0.4, 0.5) is 0 Å². The third-order valence-electron chi connectivity index (χ3n) is 4.68. The first-order valence-electron chi connectivity index (χ1n) is 8.95. The van der Waals surface area contributed by atoms with E-state index in [1.807, 2.05) is 91.9 Å². The Kier molecular flexibility index (Phi) is 4.75. The van der Waals surface area contributed by atoms with Crippen molar-refractivity contribution >= 4 is 34.4 Å². The van der Waals surface area contributed by atoms with E-state index in [1.165, 1.54) is 0 Å². The number of fused-ring (bicyclic) bond motifs is 1. The molecule has 0 aliphatic carbocycles. The standard InChI is InChI=1S/C24H20NOP/c1-19(23-18-10-12-20-11-8-9-17-24(20)23)25-27(26,21-13-4-2-5-14-21)22-15-6-3-7-16-22/h2-18H,1H3/b25-19-. The topological polar surface area (TPSA) is 29.4 Å². The number of hydrogen-bond acceptors (Lipinski definition) is 1. The third kappa shape index (κ3) is 3.37. The molecule has 0 saturated heterocycles. The molecule has 27 heavy (non-hydrogen) atoms. The first kappa shape index (κ1) is 17.5. The lowest BCUT2D eigenvalue weighted by Crippen LogP contribution is -2.15. The average molecular weight is 369 g/mol. The smallest absolute Gasteiger partial charge is 0.247 e. The number of rotatable bonds is 4. The highest BCUT2D eigenvalue weighted by atomic mass is 31.2. The van der Waals surface area contributed by atoms with Gasteiger partial charge in [-0.25, -0.2) is 4.76 Å². The van der Waals surface area contributed by atoms with Crippen LogP contribution in [0.3, 0.4) is 0 Å². The number of nitrogens with zero attached hydrogens (tertiary/aromatic N) is 1. The maximum atomic E-state index is 14.1. The molecule has 132 valence electrons. The summed E-state index contributed by atoms with van der Waals surface area (Å²) in [6.07, 6.45) is 0. The molecule has 0 heterocycles. The van der Waals surface area contributed by atoms with Crippen molar-refractivity contribution in [1.82, 2.24) is 0 Å². The van der Waals surface area contributed by atoms with Crippen LogP contribution in [0.2, 0.25) is 0 Å². The zero-order valence-corrected chi connectivity index (χ0v) is 16.0. The highest BCUT2D eigenvalue weighted by molar-refractivity contribution is 7.77. The van der Waals surface area contributed by atoms with Crippen LogP contribution in [-0.2, 0) is 4.57 Å². The minimum absolute atomic E-state index is 0.746. The van der Waals surface area contributed by atoms with Crippen LogP contribution in [0.15, 0.2) is 108 Å². The minimum Gasteiger partial charge on any atom is -0.288 e. The summed E-state index contributed by atoms with van der Waals surface area (Å²) in [5, 5.41) is 3.76. The van der Waals surface area contributed by atoms with E-state index in [0.29, 0.717) is 0 Å². The molecule has 0 radical (unpaired) electrons.